The van der Waals surface area contributed by atoms with Crippen molar-refractivity contribution in [1.82, 2.24) is 15.5 Å². The van der Waals surface area contributed by atoms with E-state index in [-0.39, 0.29) is 0 Å². The van der Waals surface area contributed by atoms with Crippen molar-refractivity contribution in [3.63, 3.8) is 0 Å². The number of nitrogens with zero attached hydrogens (tertiary/aromatic N) is 2. The van der Waals surface area contributed by atoms with Gasteiger partial charge in [0, 0.05) is 12.2 Å². The van der Waals surface area contributed by atoms with E-state index in [0.29, 0.717) is 23.3 Å². The SMILES string of the molecule is CC(C)(C)OC(=O)NC(Cc1ccccc1)c1nnc(SC/C=C/c2ccccc2)o1. The van der Waals surface area contributed by atoms with Crippen LogP contribution < -0.4 is 5.32 Å². The Hall–Kier alpha value is -3.06. The lowest BCUT2D eigenvalue weighted by Crippen LogP contribution is -2.36. The average Bonchev–Trinajstić information content (AvgIpc) is 3.20. The van der Waals surface area contributed by atoms with Crippen molar-refractivity contribution >= 4 is 23.9 Å². The molecule has 2 aromatic carbocycles. The van der Waals surface area contributed by atoms with Crippen molar-refractivity contribution in [3.05, 3.63) is 83.8 Å². The molecular formula is C24H27N3O3S. The summed E-state index contributed by atoms with van der Waals surface area (Å²) in [5.74, 6) is 1.04. The fraction of sp³-hybridized carbons (Fsp3) is 0.292. The minimum atomic E-state index is -0.595. The van der Waals surface area contributed by atoms with Crippen molar-refractivity contribution in [2.45, 2.75) is 44.1 Å². The maximum atomic E-state index is 12.3. The molecule has 0 aliphatic heterocycles. The van der Waals surface area contributed by atoms with Gasteiger partial charge in [-0.2, -0.15) is 0 Å². The van der Waals surface area contributed by atoms with Crippen LogP contribution in [0.4, 0.5) is 4.79 Å². The van der Waals surface area contributed by atoms with E-state index in [1.54, 1.807) is 0 Å². The van der Waals surface area contributed by atoms with E-state index >= 15 is 0 Å². The van der Waals surface area contributed by atoms with E-state index in [0.717, 1.165) is 11.1 Å². The number of rotatable bonds is 8. The second-order valence-electron chi connectivity index (χ2n) is 7.92. The Labute approximate surface area is 187 Å². The standard InChI is InChI=1S/C24H27N3O3S/c1-24(2,3)30-22(28)25-20(17-19-13-8-5-9-14-19)21-26-27-23(29-21)31-16-10-15-18-11-6-4-7-12-18/h4-15,20H,16-17H2,1-3H3,(H,25,28)/b15-10+. The summed E-state index contributed by atoms with van der Waals surface area (Å²) in [6.45, 7) is 5.47. The first-order valence-corrected chi connectivity index (χ1v) is 11.1. The number of hydrogen-bond acceptors (Lipinski definition) is 6. The van der Waals surface area contributed by atoms with Crippen molar-refractivity contribution in [2.75, 3.05) is 5.75 Å². The second kappa shape index (κ2) is 10.8. The first-order valence-electron chi connectivity index (χ1n) is 10.1. The molecule has 1 unspecified atom stereocenters. The number of thioether (sulfide) groups is 1. The quantitative estimate of drug-likeness (QED) is 0.457. The molecule has 1 heterocycles. The van der Waals surface area contributed by atoms with E-state index in [1.807, 2.05) is 93.6 Å². The van der Waals surface area contributed by atoms with Crippen molar-refractivity contribution < 1.29 is 13.9 Å². The van der Waals surface area contributed by atoms with Gasteiger partial charge in [0.2, 0.25) is 5.89 Å². The van der Waals surface area contributed by atoms with Gasteiger partial charge < -0.3 is 14.5 Å². The Morgan fingerprint density at radius 2 is 1.77 bits per heavy atom. The molecule has 0 aliphatic rings. The van der Waals surface area contributed by atoms with Gasteiger partial charge in [-0.1, -0.05) is 84.6 Å². The van der Waals surface area contributed by atoms with Crippen molar-refractivity contribution in [1.29, 1.82) is 0 Å². The van der Waals surface area contributed by atoms with Crippen LogP contribution in [0.15, 0.2) is 76.4 Å². The summed E-state index contributed by atoms with van der Waals surface area (Å²) in [5.41, 5.74) is 1.59. The predicted molar refractivity (Wildman–Crippen MR) is 123 cm³/mol. The monoisotopic (exact) mass is 437 g/mol. The van der Waals surface area contributed by atoms with Crippen LogP contribution in [0.5, 0.6) is 0 Å². The molecule has 0 saturated carbocycles. The summed E-state index contributed by atoms with van der Waals surface area (Å²) in [6, 6.07) is 19.4. The molecule has 3 aromatic rings. The van der Waals surface area contributed by atoms with Gasteiger partial charge in [-0.15, -0.1) is 10.2 Å². The van der Waals surface area contributed by atoms with Gasteiger partial charge in [0.05, 0.1) is 0 Å². The molecule has 162 valence electrons. The van der Waals surface area contributed by atoms with Crippen LogP contribution in [0.2, 0.25) is 0 Å². The van der Waals surface area contributed by atoms with Crippen LogP contribution >= 0.6 is 11.8 Å². The molecule has 1 N–H and O–H groups in total. The highest BCUT2D eigenvalue weighted by atomic mass is 32.2. The maximum Gasteiger partial charge on any atom is 0.408 e. The Balaban J connectivity index is 1.65. The zero-order valence-electron chi connectivity index (χ0n) is 17.9. The molecule has 3 rings (SSSR count). The highest BCUT2D eigenvalue weighted by molar-refractivity contribution is 7.99. The molecule has 7 heteroatoms. The number of ether oxygens (including phenoxy) is 1. The van der Waals surface area contributed by atoms with E-state index in [9.17, 15) is 4.79 Å². The van der Waals surface area contributed by atoms with Gasteiger partial charge in [-0.3, -0.25) is 0 Å². The van der Waals surface area contributed by atoms with E-state index in [4.69, 9.17) is 9.15 Å². The molecule has 0 spiro atoms. The smallest absolute Gasteiger partial charge is 0.408 e. The number of nitrogens with one attached hydrogen (secondary N) is 1. The van der Waals surface area contributed by atoms with Gasteiger partial charge in [0.25, 0.3) is 5.22 Å². The zero-order valence-corrected chi connectivity index (χ0v) is 18.8. The van der Waals surface area contributed by atoms with E-state index in [2.05, 4.69) is 15.5 Å². The van der Waals surface area contributed by atoms with Crippen LogP contribution in [0.1, 0.15) is 43.8 Å². The minimum Gasteiger partial charge on any atom is -0.444 e. The molecule has 0 radical (unpaired) electrons. The van der Waals surface area contributed by atoms with Crippen LogP contribution in [0.25, 0.3) is 6.08 Å². The molecule has 0 bridgehead atoms. The van der Waals surface area contributed by atoms with Gasteiger partial charge in [-0.25, -0.2) is 4.79 Å². The predicted octanol–water partition coefficient (Wildman–Crippen LogP) is 5.68. The molecule has 0 fully saturated rings. The largest absolute Gasteiger partial charge is 0.444 e. The normalized spacial score (nSPS) is 12.6. The molecule has 0 aliphatic carbocycles. The lowest BCUT2D eigenvalue weighted by molar-refractivity contribution is 0.0494. The highest BCUT2D eigenvalue weighted by Gasteiger charge is 2.25. The van der Waals surface area contributed by atoms with Crippen molar-refractivity contribution in [2.24, 2.45) is 0 Å². The van der Waals surface area contributed by atoms with Gasteiger partial charge in [0.1, 0.15) is 11.6 Å². The van der Waals surface area contributed by atoms with Gasteiger partial charge in [-0.05, 0) is 31.9 Å². The number of benzene rings is 2. The number of hydrogen-bond donors (Lipinski definition) is 1. The number of carbonyl (C=O) groups excluding carboxylic acids is 1. The third-order valence-corrected chi connectivity index (χ3v) is 4.88. The van der Waals surface area contributed by atoms with Gasteiger partial charge in [0.15, 0.2) is 0 Å². The van der Waals surface area contributed by atoms with Crippen molar-refractivity contribution in [3.8, 4) is 0 Å². The molecule has 1 atom stereocenters. The molecule has 1 aromatic heterocycles. The third kappa shape index (κ3) is 7.94. The molecule has 0 saturated heterocycles. The lowest BCUT2D eigenvalue weighted by Gasteiger charge is -2.22. The second-order valence-corrected chi connectivity index (χ2v) is 8.89. The molecule has 6 nitrogen and oxygen atoms in total. The molecular weight excluding hydrogens is 410 g/mol. The number of aromatic nitrogens is 2. The van der Waals surface area contributed by atoms with Gasteiger partial charge >= 0.3 is 6.09 Å². The first-order chi connectivity index (χ1) is 14.9. The van der Waals surface area contributed by atoms with E-state index < -0.39 is 17.7 Å². The minimum absolute atomic E-state index is 0.351. The first kappa shape index (κ1) is 22.6. The number of carbonyl (C=O) groups is 1. The Morgan fingerprint density at radius 1 is 1.10 bits per heavy atom. The van der Waals surface area contributed by atoms with Crippen LogP contribution in [0.3, 0.4) is 0 Å². The fourth-order valence-corrected chi connectivity index (χ4v) is 3.36. The summed E-state index contributed by atoms with van der Waals surface area (Å²) < 4.78 is 11.2. The Kier molecular flexibility index (Phi) is 7.89. The summed E-state index contributed by atoms with van der Waals surface area (Å²) in [6.07, 6.45) is 4.09. The zero-order chi connectivity index (χ0) is 22.1. The Bertz CT molecular complexity index is 982. The van der Waals surface area contributed by atoms with Crippen LogP contribution in [0, 0.1) is 0 Å². The topological polar surface area (TPSA) is 77.2 Å². The molecule has 1 amide bonds. The van der Waals surface area contributed by atoms with Crippen LogP contribution in [-0.4, -0.2) is 27.6 Å². The fourth-order valence-electron chi connectivity index (χ4n) is 2.79. The number of amides is 1. The number of alkyl carbamates (subject to hydrolysis) is 1. The maximum absolute atomic E-state index is 12.3. The highest BCUT2D eigenvalue weighted by Crippen LogP contribution is 2.23. The summed E-state index contributed by atoms with van der Waals surface area (Å²) in [4.78, 5) is 12.3. The third-order valence-electron chi connectivity index (χ3n) is 4.11. The van der Waals surface area contributed by atoms with Crippen LogP contribution in [-0.2, 0) is 11.2 Å². The molecule has 31 heavy (non-hydrogen) atoms. The summed E-state index contributed by atoms with van der Waals surface area (Å²) in [5, 5.41) is 11.6. The average molecular weight is 438 g/mol. The summed E-state index contributed by atoms with van der Waals surface area (Å²) >= 11 is 1.44. The summed E-state index contributed by atoms with van der Waals surface area (Å²) in [7, 11) is 0. The Morgan fingerprint density at radius 3 is 2.45 bits per heavy atom. The van der Waals surface area contributed by atoms with E-state index in [1.165, 1.54) is 11.8 Å². The lowest BCUT2D eigenvalue weighted by atomic mass is 10.1.